The van der Waals surface area contributed by atoms with Gasteiger partial charge in [-0.05, 0) is 42.7 Å². The number of hydrogen-bond donors (Lipinski definition) is 4. The summed E-state index contributed by atoms with van der Waals surface area (Å²) in [5.41, 5.74) is 16.1. The molecule has 4 aromatic rings. The number of ether oxygens (including phenoxy) is 1. The highest BCUT2D eigenvalue weighted by atomic mass is 16.5. The van der Waals surface area contributed by atoms with Gasteiger partial charge in [-0.25, -0.2) is 9.97 Å². The SMILES string of the molecule is Cc1ccc2[nH]ncc2c1-c1cc(-c2ccnc(OC[C@H]3CCC(=O)N3)n2)nc(C(N)=O)c1N. The zero-order valence-corrected chi connectivity index (χ0v) is 18.3. The quantitative estimate of drug-likeness (QED) is 0.338. The van der Waals surface area contributed by atoms with Crippen molar-refractivity contribution in [3.05, 3.63) is 47.9 Å². The van der Waals surface area contributed by atoms with Gasteiger partial charge in [-0.1, -0.05) is 6.07 Å². The van der Waals surface area contributed by atoms with Gasteiger partial charge in [-0.3, -0.25) is 14.7 Å². The van der Waals surface area contributed by atoms with E-state index in [0.717, 1.165) is 22.0 Å². The number of hydrogen-bond acceptors (Lipinski definition) is 8. The van der Waals surface area contributed by atoms with Gasteiger partial charge >= 0.3 is 6.01 Å². The average molecular weight is 458 g/mol. The number of rotatable bonds is 6. The van der Waals surface area contributed by atoms with Crippen LogP contribution in [0.4, 0.5) is 5.69 Å². The third kappa shape index (κ3) is 3.87. The number of aromatic amines is 1. The van der Waals surface area contributed by atoms with Crippen LogP contribution in [0.1, 0.15) is 28.9 Å². The lowest BCUT2D eigenvalue weighted by molar-refractivity contribution is -0.119. The van der Waals surface area contributed by atoms with Crippen molar-refractivity contribution in [3.63, 3.8) is 0 Å². The Morgan fingerprint density at radius 3 is 2.85 bits per heavy atom. The first-order valence-corrected chi connectivity index (χ1v) is 10.7. The number of primary amides is 1. The molecule has 4 heterocycles. The van der Waals surface area contributed by atoms with E-state index in [-0.39, 0.29) is 35.9 Å². The van der Waals surface area contributed by atoms with Gasteiger partial charge in [-0.2, -0.15) is 10.1 Å². The molecule has 11 heteroatoms. The second kappa shape index (κ2) is 8.43. The molecule has 0 saturated carbocycles. The Morgan fingerprint density at radius 2 is 2.09 bits per heavy atom. The van der Waals surface area contributed by atoms with Crippen molar-refractivity contribution in [2.75, 3.05) is 12.3 Å². The summed E-state index contributed by atoms with van der Waals surface area (Å²) < 4.78 is 5.69. The van der Waals surface area contributed by atoms with E-state index in [9.17, 15) is 9.59 Å². The van der Waals surface area contributed by atoms with Crippen molar-refractivity contribution >= 4 is 28.4 Å². The number of carbonyl (C=O) groups is 2. The molecular formula is C23H22N8O3. The summed E-state index contributed by atoms with van der Waals surface area (Å²) in [6.45, 7) is 2.20. The molecule has 0 bridgehead atoms. The maximum Gasteiger partial charge on any atom is 0.317 e. The smallest absolute Gasteiger partial charge is 0.317 e. The lowest BCUT2D eigenvalue weighted by Gasteiger charge is -2.15. The third-order valence-corrected chi connectivity index (χ3v) is 5.79. The molecule has 2 amide bonds. The molecule has 1 saturated heterocycles. The number of nitrogens with zero attached hydrogens (tertiary/aromatic N) is 4. The molecule has 0 aliphatic carbocycles. The summed E-state index contributed by atoms with van der Waals surface area (Å²) in [5.74, 6) is -0.746. The fourth-order valence-corrected chi connectivity index (χ4v) is 4.10. The van der Waals surface area contributed by atoms with Crippen molar-refractivity contribution in [1.82, 2.24) is 30.5 Å². The van der Waals surface area contributed by atoms with Crippen LogP contribution in [0.2, 0.25) is 0 Å². The van der Waals surface area contributed by atoms with Crippen LogP contribution in [0, 0.1) is 6.92 Å². The minimum Gasteiger partial charge on any atom is -0.461 e. The fraction of sp³-hybridized carbons (Fsp3) is 0.217. The number of aryl methyl sites for hydroxylation is 1. The topological polar surface area (TPSA) is 175 Å². The molecule has 0 unspecified atom stereocenters. The Morgan fingerprint density at radius 1 is 1.24 bits per heavy atom. The van der Waals surface area contributed by atoms with Gasteiger partial charge in [0, 0.05) is 23.6 Å². The number of benzene rings is 1. The monoisotopic (exact) mass is 458 g/mol. The molecule has 5 rings (SSSR count). The van der Waals surface area contributed by atoms with Crippen LogP contribution in [0.15, 0.2) is 36.7 Å². The number of H-pyrrole nitrogens is 1. The van der Waals surface area contributed by atoms with E-state index < -0.39 is 5.91 Å². The highest BCUT2D eigenvalue weighted by molar-refractivity contribution is 6.05. The van der Waals surface area contributed by atoms with Crippen LogP contribution in [-0.2, 0) is 4.79 Å². The molecule has 172 valence electrons. The van der Waals surface area contributed by atoms with Crippen molar-refractivity contribution in [1.29, 1.82) is 0 Å². The average Bonchev–Trinajstić information content (AvgIpc) is 3.47. The minimum absolute atomic E-state index is 0.00351. The van der Waals surface area contributed by atoms with Crippen LogP contribution in [0.5, 0.6) is 6.01 Å². The summed E-state index contributed by atoms with van der Waals surface area (Å²) in [5, 5.41) is 10.8. The van der Waals surface area contributed by atoms with Crippen LogP contribution in [0.3, 0.4) is 0 Å². The standard InChI is InChI=1S/C23H22N8O3/c1-11-2-4-15-14(9-27-31-15)19(11)13-8-17(29-21(20(13)24)22(25)33)16-6-7-26-23(30-16)34-10-12-3-5-18(32)28-12/h2,4,6-9,12H,3,5,10,24H2,1H3,(H2,25,33)(H,27,31)(H,28,32)/t12-/m1/s1. The minimum atomic E-state index is -0.750. The lowest BCUT2D eigenvalue weighted by atomic mass is 9.94. The molecule has 0 radical (unpaired) electrons. The summed E-state index contributed by atoms with van der Waals surface area (Å²) in [6, 6.07) is 7.34. The van der Waals surface area contributed by atoms with Gasteiger partial charge in [-0.15, -0.1) is 0 Å². The summed E-state index contributed by atoms with van der Waals surface area (Å²) in [7, 11) is 0. The number of carbonyl (C=O) groups excluding carboxylic acids is 2. The second-order valence-corrected chi connectivity index (χ2v) is 8.11. The molecular weight excluding hydrogens is 436 g/mol. The van der Waals surface area contributed by atoms with Crippen LogP contribution in [0.25, 0.3) is 33.4 Å². The maximum absolute atomic E-state index is 12.2. The van der Waals surface area contributed by atoms with E-state index in [1.165, 1.54) is 6.20 Å². The van der Waals surface area contributed by atoms with Crippen LogP contribution in [-0.4, -0.2) is 49.6 Å². The predicted octanol–water partition coefficient (Wildman–Crippen LogP) is 1.73. The van der Waals surface area contributed by atoms with Crippen LogP contribution < -0.4 is 21.5 Å². The Bertz CT molecular complexity index is 1430. The van der Waals surface area contributed by atoms with E-state index in [4.69, 9.17) is 16.2 Å². The zero-order valence-electron chi connectivity index (χ0n) is 18.3. The molecule has 1 aliphatic heterocycles. The summed E-state index contributed by atoms with van der Waals surface area (Å²) in [4.78, 5) is 36.6. The summed E-state index contributed by atoms with van der Waals surface area (Å²) >= 11 is 0. The van der Waals surface area contributed by atoms with E-state index in [0.29, 0.717) is 29.8 Å². The van der Waals surface area contributed by atoms with Gasteiger partial charge in [0.05, 0.1) is 34.8 Å². The molecule has 0 spiro atoms. The number of amides is 2. The number of aromatic nitrogens is 5. The van der Waals surface area contributed by atoms with Gasteiger partial charge in [0.25, 0.3) is 5.91 Å². The zero-order chi connectivity index (χ0) is 23.8. The Hall–Kier alpha value is -4.54. The molecule has 1 aromatic carbocycles. The Kier molecular flexibility index (Phi) is 5.28. The molecule has 11 nitrogen and oxygen atoms in total. The first-order chi connectivity index (χ1) is 16.4. The normalized spacial score (nSPS) is 15.4. The van der Waals surface area contributed by atoms with Crippen molar-refractivity contribution < 1.29 is 14.3 Å². The van der Waals surface area contributed by atoms with E-state index in [1.54, 1.807) is 18.3 Å². The number of nitrogens with one attached hydrogen (secondary N) is 2. The van der Waals surface area contributed by atoms with Crippen LogP contribution >= 0.6 is 0 Å². The van der Waals surface area contributed by atoms with Crippen molar-refractivity contribution in [3.8, 4) is 28.5 Å². The highest BCUT2D eigenvalue weighted by Gasteiger charge is 2.23. The van der Waals surface area contributed by atoms with E-state index >= 15 is 0 Å². The Balaban J connectivity index is 1.57. The number of anilines is 1. The largest absolute Gasteiger partial charge is 0.461 e. The van der Waals surface area contributed by atoms with E-state index in [1.807, 2.05) is 19.1 Å². The predicted molar refractivity (Wildman–Crippen MR) is 125 cm³/mol. The van der Waals surface area contributed by atoms with Crippen molar-refractivity contribution in [2.45, 2.75) is 25.8 Å². The molecule has 34 heavy (non-hydrogen) atoms. The van der Waals surface area contributed by atoms with Gasteiger partial charge in [0.2, 0.25) is 5.91 Å². The third-order valence-electron chi connectivity index (χ3n) is 5.79. The van der Waals surface area contributed by atoms with E-state index in [2.05, 4.69) is 30.5 Å². The molecule has 1 aliphatic rings. The number of nitrogens with two attached hydrogens (primary N) is 2. The molecule has 3 aromatic heterocycles. The number of pyridine rings is 1. The Labute approximate surface area is 193 Å². The first kappa shape index (κ1) is 21.3. The lowest BCUT2D eigenvalue weighted by Crippen LogP contribution is -2.31. The molecule has 1 fully saturated rings. The molecule has 6 N–H and O–H groups in total. The highest BCUT2D eigenvalue weighted by Crippen LogP contribution is 2.37. The van der Waals surface area contributed by atoms with Gasteiger partial charge < -0.3 is 21.5 Å². The maximum atomic E-state index is 12.2. The number of nitrogen functional groups attached to an aromatic ring is 1. The number of fused-ring (bicyclic) bond motifs is 1. The second-order valence-electron chi connectivity index (χ2n) is 8.11. The molecule has 1 atom stereocenters. The van der Waals surface area contributed by atoms with Crippen molar-refractivity contribution in [2.24, 2.45) is 5.73 Å². The summed E-state index contributed by atoms with van der Waals surface area (Å²) in [6.07, 6.45) is 4.42. The fourth-order valence-electron chi connectivity index (χ4n) is 4.10. The van der Waals surface area contributed by atoms with Gasteiger partial charge in [0.1, 0.15) is 6.61 Å². The van der Waals surface area contributed by atoms with Gasteiger partial charge in [0.15, 0.2) is 5.69 Å². The first-order valence-electron chi connectivity index (χ1n) is 10.7.